The third-order valence-electron chi connectivity index (χ3n) is 5.76. The summed E-state index contributed by atoms with van der Waals surface area (Å²) in [6.07, 6.45) is 1.48. The molecule has 5 nitrogen and oxygen atoms in total. The molecule has 1 heterocycles. The molecular weight excluding hydrogens is 386 g/mol. The van der Waals surface area contributed by atoms with Gasteiger partial charge in [0.2, 0.25) is 11.8 Å². The molecule has 2 aromatic carbocycles. The topological polar surface area (TPSA) is 66.6 Å². The molecule has 0 aliphatic carbocycles. The van der Waals surface area contributed by atoms with Crippen LogP contribution in [0.25, 0.3) is 0 Å². The lowest BCUT2D eigenvalue weighted by Gasteiger charge is -2.44. The number of likely N-dealkylation sites (N-methyl/N-ethyl adjacent to an activating group) is 1. The Morgan fingerprint density at radius 1 is 0.966 bits per heavy atom. The Balaban J connectivity index is 0.00000300. The van der Waals surface area contributed by atoms with Gasteiger partial charge >= 0.3 is 0 Å². The Morgan fingerprint density at radius 3 is 1.79 bits per heavy atom. The molecule has 0 bridgehead atoms. The number of carbonyl (C=O) groups excluding carboxylic acids is 2. The lowest BCUT2D eigenvalue weighted by molar-refractivity contribution is -0.134. The Bertz CT molecular complexity index is 764. The highest BCUT2D eigenvalue weighted by molar-refractivity contribution is 5.91. The smallest absolute Gasteiger partial charge is 0.236 e. The van der Waals surface area contributed by atoms with Gasteiger partial charge in [0.1, 0.15) is 5.41 Å². The van der Waals surface area contributed by atoms with Crippen molar-refractivity contribution in [2.24, 2.45) is 11.7 Å². The van der Waals surface area contributed by atoms with E-state index >= 15 is 0 Å². The van der Waals surface area contributed by atoms with E-state index in [1.807, 2.05) is 84.6 Å². The lowest BCUT2D eigenvalue weighted by atomic mass is 9.62. The molecule has 6 heteroatoms. The minimum atomic E-state index is -0.890. The van der Waals surface area contributed by atoms with Crippen LogP contribution in [0.4, 0.5) is 0 Å². The van der Waals surface area contributed by atoms with Crippen LogP contribution in [0.3, 0.4) is 0 Å². The van der Waals surface area contributed by atoms with Crippen molar-refractivity contribution in [3.8, 4) is 0 Å². The van der Waals surface area contributed by atoms with E-state index in [2.05, 4.69) is 0 Å². The highest BCUT2D eigenvalue weighted by atomic mass is 35.5. The first-order valence-corrected chi connectivity index (χ1v) is 9.79. The Hall–Kier alpha value is -2.37. The number of piperidine rings is 1. The van der Waals surface area contributed by atoms with E-state index in [1.165, 1.54) is 0 Å². The van der Waals surface area contributed by atoms with Crippen molar-refractivity contribution in [3.05, 3.63) is 71.8 Å². The van der Waals surface area contributed by atoms with Crippen LogP contribution >= 0.6 is 12.4 Å². The van der Waals surface area contributed by atoms with Crippen LogP contribution < -0.4 is 5.73 Å². The van der Waals surface area contributed by atoms with Crippen LogP contribution in [-0.2, 0) is 15.0 Å². The van der Waals surface area contributed by atoms with E-state index in [0.717, 1.165) is 24.0 Å². The van der Waals surface area contributed by atoms with Gasteiger partial charge in [0.15, 0.2) is 0 Å². The first kappa shape index (κ1) is 22.9. The van der Waals surface area contributed by atoms with Gasteiger partial charge in [-0.2, -0.15) is 0 Å². The van der Waals surface area contributed by atoms with E-state index in [-0.39, 0.29) is 30.1 Å². The molecule has 2 aromatic rings. The van der Waals surface area contributed by atoms with Gasteiger partial charge in [-0.1, -0.05) is 60.7 Å². The largest absolute Gasteiger partial charge is 0.369 e. The van der Waals surface area contributed by atoms with E-state index in [1.54, 1.807) is 0 Å². The van der Waals surface area contributed by atoms with Crippen LogP contribution in [0, 0.1) is 5.92 Å². The summed E-state index contributed by atoms with van der Waals surface area (Å²) in [4.78, 5) is 29.2. The fraction of sp³-hybridized carbons (Fsp3) is 0.391. The molecule has 29 heavy (non-hydrogen) atoms. The zero-order chi connectivity index (χ0) is 20.1. The molecule has 0 atom stereocenters. The summed E-state index contributed by atoms with van der Waals surface area (Å²) in [7, 11) is 3.79. The minimum absolute atomic E-state index is 0. The predicted molar refractivity (Wildman–Crippen MR) is 118 cm³/mol. The number of likely N-dealkylation sites (tertiary alicyclic amines) is 1. The van der Waals surface area contributed by atoms with Gasteiger partial charge in [-0.3, -0.25) is 9.59 Å². The summed E-state index contributed by atoms with van der Waals surface area (Å²) in [6.45, 7) is 1.70. The Morgan fingerprint density at radius 2 is 1.41 bits per heavy atom. The molecule has 1 aliphatic rings. The second-order valence-corrected chi connectivity index (χ2v) is 7.80. The van der Waals surface area contributed by atoms with Crippen molar-refractivity contribution in [2.75, 3.05) is 33.7 Å². The van der Waals surface area contributed by atoms with Crippen LogP contribution in [0.2, 0.25) is 0 Å². The fourth-order valence-corrected chi connectivity index (χ4v) is 4.46. The number of carbonyl (C=O) groups is 2. The van der Waals surface area contributed by atoms with Crippen molar-refractivity contribution in [3.63, 3.8) is 0 Å². The summed E-state index contributed by atoms with van der Waals surface area (Å²) < 4.78 is 0. The van der Waals surface area contributed by atoms with E-state index in [4.69, 9.17) is 5.73 Å². The van der Waals surface area contributed by atoms with Crippen molar-refractivity contribution in [2.45, 2.75) is 18.3 Å². The Kier molecular flexibility index (Phi) is 7.82. The number of hydrogen-bond acceptors (Lipinski definition) is 3. The van der Waals surface area contributed by atoms with Gasteiger partial charge < -0.3 is 15.5 Å². The highest BCUT2D eigenvalue weighted by Crippen LogP contribution is 2.44. The van der Waals surface area contributed by atoms with Crippen molar-refractivity contribution >= 4 is 24.2 Å². The number of hydrogen-bond donors (Lipinski definition) is 1. The molecule has 156 valence electrons. The minimum Gasteiger partial charge on any atom is -0.369 e. The molecule has 0 unspecified atom stereocenters. The second-order valence-electron chi connectivity index (χ2n) is 7.80. The van der Waals surface area contributed by atoms with Crippen LogP contribution in [0.15, 0.2) is 60.7 Å². The molecule has 0 aromatic heterocycles. The number of benzene rings is 2. The van der Waals surface area contributed by atoms with Gasteiger partial charge in [0, 0.05) is 13.1 Å². The summed E-state index contributed by atoms with van der Waals surface area (Å²) in [5.74, 6) is -0.159. The van der Waals surface area contributed by atoms with Crippen LogP contribution in [-0.4, -0.2) is 55.3 Å². The standard InChI is InChI=1S/C23H29N3O2.ClH/c1-25(2)17-21(27)26-15-13-20(14-16-26)23(22(24)28,18-9-5-3-6-10-18)19-11-7-4-8-12-19;/h3-12,20H,13-17H2,1-2H3,(H2,24,28);1H. The maximum Gasteiger partial charge on any atom is 0.236 e. The van der Waals surface area contributed by atoms with Gasteiger partial charge in [-0.25, -0.2) is 0 Å². The number of nitrogens with two attached hydrogens (primary N) is 1. The first-order valence-electron chi connectivity index (χ1n) is 9.79. The molecule has 0 saturated carbocycles. The number of nitrogens with zero attached hydrogens (tertiary/aromatic N) is 2. The highest BCUT2D eigenvalue weighted by Gasteiger charge is 2.48. The number of rotatable bonds is 6. The number of primary amides is 1. The first-order chi connectivity index (χ1) is 13.5. The molecule has 1 fully saturated rings. The Labute approximate surface area is 179 Å². The molecule has 1 saturated heterocycles. The zero-order valence-corrected chi connectivity index (χ0v) is 17.9. The third kappa shape index (κ3) is 4.62. The van der Waals surface area contributed by atoms with Crippen LogP contribution in [0.1, 0.15) is 24.0 Å². The summed E-state index contributed by atoms with van der Waals surface area (Å²) >= 11 is 0. The predicted octanol–water partition coefficient (Wildman–Crippen LogP) is 2.68. The molecule has 3 rings (SSSR count). The monoisotopic (exact) mass is 415 g/mol. The molecule has 2 N–H and O–H groups in total. The zero-order valence-electron chi connectivity index (χ0n) is 17.1. The normalized spacial score (nSPS) is 15.1. The molecule has 0 radical (unpaired) electrons. The summed E-state index contributed by atoms with van der Waals surface area (Å²) in [6, 6.07) is 19.6. The molecule has 2 amide bonds. The lowest BCUT2D eigenvalue weighted by Crippen LogP contribution is -2.53. The molecule has 1 aliphatic heterocycles. The van der Waals surface area contributed by atoms with Crippen molar-refractivity contribution in [1.29, 1.82) is 0 Å². The molecular formula is C23H30ClN3O2. The number of amides is 2. The van der Waals surface area contributed by atoms with E-state index in [0.29, 0.717) is 19.6 Å². The maximum absolute atomic E-state index is 13.0. The third-order valence-corrected chi connectivity index (χ3v) is 5.76. The maximum atomic E-state index is 13.0. The number of halogens is 1. The van der Waals surface area contributed by atoms with Crippen molar-refractivity contribution in [1.82, 2.24) is 9.80 Å². The fourth-order valence-electron chi connectivity index (χ4n) is 4.46. The average Bonchev–Trinajstić information content (AvgIpc) is 2.70. The van der Waals surface area contributed by atoms with Gasteiger partial charge in [-0.15, -0.1) is 12.4 Å². The van der Waals surface area contributed by atoms with Gasteiger partial charge in [-0.05, 0) is 44.0 Å². The van der Waals surface area contributed by atoms with E-state index < -0.39 is 5.41 Å². The summed E-state index contributed by atoms with van der Waals surface area (Å²) in [5, 5.41) is 0. The van der Waals surface area contributed by atoms with Crippen LogP contribution in [0.5, 0.6) is 0 Å². The average molecular weight is 416 g/mol. The molecule has 0 spiro atoms. The van der Waals surface area contributed by atoms with Gasteiger partial charge in [0.05, 0.1) is 6.54 Å². The quantitative estimate of drug-likeness (QED) is 0.788. The summed E-state index contributed by atoms with van der Waals surface area (Å²) in [5.41, 5.74) is 7.06. The second kappa shape index (κ2) is 9.90. The SMILES string of the molecule is CN(C)CC(=O)N1CCC(C(C(N)=O)(c2ccccc2)c2ccccc2)CC1.Cl. The van der Waals surface area contributed by atoms with Gasteiger partial charge in [0.25, 0.3) is 0 Å². The van der Waals surface area contributed by atoms with Crippen molar-refractivity contribution < 1.29 is 9.59 Å². The van der Waals surface area contributed by atoms with E-state index in [9.17, 15) is 9.59 Å².